The second kappa shape index (κ2) is 6.85. The Morgan fingerprint density at radius 3 is 2.86 bits per heavy atom. The summed E-state index contributed by atoms with van der Waals surface area (Å²) in [5.41, 5.74) is 0.589. The van der Waals surface area contributed by atoms with Crippen molar-refractivity contribution < 1.29 is 0 Å². The fourth-order valence-corrected chi connectivity index (χ4v) is 2.61. The number of hydrogen-bond donors (Lipinski definition) is 1. The van der Waals surface area contributed by atoms with Gasteiger partial charge in [0, 0.05) is 18.8 Å². The first kappa shape index (κ1) is 15.7. The highest BCUT2D eigenvalue weighted by Crippen LogP contribution is 2.20. The van der Waals surface area contributed by atoms with Crippen LogP contribution in [0.1, 0.15) is 46.1 Å². The SMILES string of the molecule is CCCCn1cccc(-c2n[nH]c(=S)n2C(C)CC)c1=O. The molecule has 1 atom stereocenters. The lowest BCUT2D eigenvalue weighted by atomic mass is 10.2. The molecule has 1 unspecified atom stereocenters. The minimum atomic E-state index is -0.00972. The molecule has 0 amide bonds. The maximum absolute atomic E-state index is 12.6. The van der Waals surface area contributed by atoms with Gasteiger partial charge in [-0.05, 0) is 44.1 Å². The average Bonchev–Trinajstić information content (AvgIpc) is 2.87. The van der Waals surface area contributed by atoms with E-state index in [0.29, 0.717) is 16.2 Å². The van der Waals surface area contributed by atoms with Crippen molar-refractivity contribution in [1.82, 2.24) is 19.3 Å². The van der Waals surface area contributed by atoms with Gasteiger partial charge in [-0.15, -0.1) is 0 Å². The minimum Gasteiger partial charge on any atom is -0.315 e. The predicted molar refractivity (Wildman–Crippen MR) is 87.0 cm³/mol. The van der Waals surface area contributed by atoms with Crippen LogP contribution in [0, 0.1) is 4.77 Å². The molecule has 5 nitrogen and oxygen atoms in total. The van der Waals surface area contributed by atoms with Crippen LogP contribution < -0.4 is 5.56 Å². The third-order valence-electron chi connectivity index (χ3n) is 3.75. The van der Waals surface area contributed by atoms with Crippen molar-refractivity contribution in [1.29, 1.82) is 0 Å². The molecule has 2 rings (SSSR count). The van der Waals surface area contributed by atoms with Gasteiger partial charge in [-0.2, -0.15) is 5.10 Å². The average molecular weight is 306 g/mol. The minimum absolute atomic E-state index is 0.00972. The lowest BCUT2D eigenvalue weighted by molar-refractivity contribution is 0.527. The normalized spacial score (nSPS) is 12.5. The van der Waals surface area contributed by atoms with Gasteiger partial charge in [0.2, 0.25) is 0 Å². The fourth-order valence-electron chi connectivity index (χ4n) is 2.30. The van der Waals surface area contributed by atoms with Gasteiger partial charge in [0.25, 0.3) is 5.56 Å². The molecule has 0 saturated heterocycles. The van der Waals surface area contributed by atoms with Crippen molar-refractivity contribution >= 4 is 12.2 Å². The second-order valence-corrected chi connectivity index (χ2v) is 5.64. The second-order valence-electron chi connectivity index (χ2n) is 5.25. The molecule has 21 heavy (non-hydrogen) atoms. The summed E-state index contributed by atoms with van der Waals surface area (Å²) in [6.45, 7) is 7.02. The summed E-state index contributed by atoms with van der Waals surface area (Å²) in [5, 5.41) is 7.08. The van der Waals surface area contributed by atoms with Crippen LogP contribution in [0.5, 0.6) is 0 Å². The molecule has 0 spiro atoms. The standard InChI is InChI=1S/C15H22N4OS/c1-4-6-9-18-10-7-8-12(14(18)20)13-16-17-15(21)19(13)11(3)5-2/h7-8,10-11H,4-6,9H2,1-3H3,(H,17,21). The summed E-state index contributed by atoms with van der Waals surface area (Å²) < 4.78 is 4.23. The van der Waals surface area contributed by atoms with Crippen LogP contribution in [0.15, 0.2) is 23.1 Å². The number of rotatable bonds is 6. The van der Waals surface area contributed by atoms with E-state index >= 15 is 0 Å². The van der Waals surface area contributed by atoms with E-state index in [4.69, 9.17) is 12.2 Å². The van der Waals surface area contributed by atoms with E-state index in [9.17, 15) is 4.79 Å². The summed E-state index contributed by atoms with van der Waals surface area (Å²) in [4.78, 5) is 12.6. The van der Waals surface area contributed by atoms with Crippen molar-refractivity contribution in [2.45, 2.75) is 52.6 Å². The van der Waals surface area contributed by atoms with Crippen molar-refractivity contribution in [3.05, 3.63) is 33.5 Å². The van der Waals surface area contributed by atoms with Crippen molar-refractivity contribution in [2.75, 3.05) is 0 Å². The summed E-state index contributed by atoms with van der Waals surface area (Å²) in [6.07, 6.45) is 4.80. The Morgan fingerprint density at radius 1 is 1.43 bits per heavy atom. The predicted octanol–water partition coefficient (Wildman–Crippen LogP) is 3.54. The van der Waals surface area contributed by atoms with Crippen LogP contribution in [0.2, 0.25) is 0 Å². The number of pyridine rings is 1. The summed E-state index contributed by atoms with van der Waals surface area (Å²) >= 11 is 5.30. The molecule has 0 aliphatic heterocycles. The number of hydrogen-bond acceptors (Lipinski definition) is 3. The monoisotopic (exact) mass is 306 g/mol. The molecule has 0 bridgehead atoms. The summed E-state index contributed by atoms with van der Waals surface area (Å²) in [7, 11) is 0. The van der Waals surface area contributed by atoms with Gasteiger partial charge < -0.3 is 4.57 Å². The number of aromatic nitrogens is 4. The van der Waals surface area contributed by atoms with E-state index in [0.717, 1.165) is 25.8 Å². The smallest absolute Gasteiger partial charge is 0.261 e. The third-order valence-corrected chi connectivity index (χ3v) is 4.04. The van der Waals surface area contributed by atoms with Gasteiger partial charge in [0.05, 0.1) is 5.56 Å². The zero-order chi connectivity index (χ0) is 15.4. The zero-order valence-corrected chi connectivity index (χ0v) is 13.6. The summed E-state index contributed by atoms with van der Waals surface area (Å²) in [6, 6.07) is 3.91. The quantitative estimate of drug-likeness (QED) is 0.830. The number of aryl methyl sites for hydroxylation is 1. The van der Waals surface area contributed by atoms with Gasteiger partial charge in [-0.1, -0.05) is 20.3 Å². The molecule has 0 saturated carbocycles. The Balaban J connectivity index is 2.53. The number of nitrogens with zero attached hydrogens (tertiary/aromatic N) is 3. The van der Waals surface area contributed by atoms with Crippen LogP contribution in [0.25, 0.3) is 11.4 Å². The van der Waals surface area contributed by atoms with Gasteiger partial charge in [0.15, 0.2) is 10.6 Å². The largest absolute Gasteiger partial charge is 0.315 e. The number of unbranched alkanes of at least 4 members (excludes halogenated alkanes) is 1. The van der Waals surface area contributed by atoms with Crippen LogP contribution in [0.4, 0.5) is 0 Å². The Morgan fingerprint density at radius 2 is 2.19 bits per heavy atom. The molecule has 0 radical (unpaired) electrons. The molecular weight excluding hydrogens is 284 g/mol. The van der Waals surface area contributed by atoms with Crippen LogP contribution in [0.3, 0.4) is 0 Å². The third kappa shape index (κ3) is 3.15. The molecule has 0 aliphatic carbocycles. The van der Waals surface area contributed by atoms with Gasteiger partial charge in [-0.3, -0.25) is 14.5 Å². The Labute approximate surface area is 129 Å². The zero-order valence-electron chi connectivity index (χ0n) is 12.8. The number of H-pyrrole nitrogens is 1. The molecule has 2 heterocycles. The van der Waals surface area contributed by atoms with Gasteiger partial charge >= 0.3 is 0 Å². The molecule has 0 fully saturated rings. The van der Waals surface area contributed by atoms with Crippen LogP contribution >= 0.6 is 12.2 Å². The van der Waals surface area contributed by atoms with E-state index in [-0.39, 0.29) is 11.6 Å². The Bertz CT molecular complexity index is 713. The van der Waals surface area contributed by atoms with Gasteiger partial charge in [-0.25, -0.2) is 0 Å². The van der Waals surface area contributed by atoms with Crippen molar-refractivity contribution in [3.8, 4) is 11.4 Å². The van der Waals surface area contributed by atoms with Crippen molar-refractivity contribution in [3.63, 3.8) is 0 Å². The first-order valence-corrected chi connectivity index (χ1v) is 7.87. The van der Waals surface area contributed by atoms with Gasteiger partial charge in [0.1, 0.15) is 0 Å². The Kier molecular flexibility index (Phi) is 5.12. The van der Waals surface area contributed by atoms with E-state index in [1.807, 2.05) is 22.9 Å². The molecule has 6 heteroatoms. The molecule has 2 aromatic heterocycles. The van der Waals surface area contributed by atoms with Crippen LogP contribution in [-0.4, -0.2) is 19.3 Å². The lowest BCUT2D eigenvalue weighted by Gasteiger charge is -2.14. The maximum atomic E-state index is 12.6. The maximum Gasteiger partial charge on any atom is 0.261 e. The lowest BCUT2D eigenvalue weighted by Crippen LogP contribution is -2.22. The molecular formula is C15H22N4OS. The highest BCUT2D eigenvalue weighted by Gasteiger charge is 2.16. The van der Waals surface area contributed by atoms with E-state index in [1.54, 1.807) is 4.57 Å². The number of nitrogens with one attached hydrogen (secondary N) is 1. The first-order chi connectivity index (χ1) is 10.1. The molecule has 2 aromatic rings. The fraction of sp³-hybridized carbons (Fsp3) is 0.533. The van der Waals surface area contributed by atoms with E-state index in [2.05, 4.69) is 31.0 Å². The highest BCUT2D eigenvalue weighted by atomic mass is 32.1. The Hall–Kier alpha value is -1.69. The molecule has 114 valence electrons. The number of aromatic amines is 1. The first-order valence-electron chi connectivity index (χ1n) is 7.46. The van der Waals surface area contributed by atoms with E-state index < -0.39 is 0 Å². The van der Waals surface area contributed by atoms with Crippen LogP contribution in [-0.2, 0) is 6.54 Å². The highest BCUT2D eigenvalue weighted by molar-refractivity contribution is 7.71. The molecule has 0 aromatic carbocycles. The van der Waals surface area contributed by atoms with Crippen molar-refractivity contribution in [2.24, 2.45) is 0 Å². The van der Waals surface area contributed by atoms with E-state index in [1.165, 1.54) is 0 Å². The summed E-state index contributed by atoms with van der Waals surface area (Å²) in [5.74, 6) is 0.630. The molecule has 0 aliphatic rings. The molecule has 1 N–H and O–H groups in total. The topological polar surface area (TPSA) is 55.6 Å².